The Hall–Kier alpha value is -5.22. The zero-order valence-corrected chi connectivity index (χ0v) is 27.6. The van der Waals surface area contributed by atoms with Crippen LogP contribution in [0.15, 0.2) is 133 Å². The first-order valence-corrected chi connectivity index (χ1v) is 17.8. The molecule has 0 atom stereocenters. The van der Waals surface area contributed by atoms with Gasteiger partial charge in [-0.25, -0.2) is 0 Å². The van der Waals surface area contributed by atoms with Crippen LogP contribution in [0.1, 0.15) is 38.5 Å². The fraction of sp³-hybridized carbons (Fsp3) is 0.227. The van der Waals surface area contributed by atoms with E-state index in [1.54, 1.807) is 0 Å². The lowest BCUT2D eigenvalue weighted by Crippen LogP contribution is -2.29. The molecule has 2 aliphatic heterocycles. The van der Waals surface area contributed by atoms with E-state index in [4.69, 9.17) is 0 Å². The Morgan fingerprint density at radius 1 is 0.333 bits per heavy atom. The summed E-state index contributed by atoms with van der Waals surface area (Å²) in [6.07, 6.45) is 7.85. The lowest BCUT2D eigenvalue weighted by Gasteiger charge is -2.29. The van der Waals surface area contributed by atoms with Gasteiger partial charge in [0.2, 0.25) is 0 Å². The topological polar surface area (TPSA) is 16.3 Å². The third kappa shape index (κ3) is 5.26. The fourth-order valence-corrected chi connectivity index (χ4v) is 8.03. The molecule has 238 valence electrons. The zero-order chi connectivity index (χ0) is 31.9. The van der Waals surface area contributed by atoms with Crippen molar-refractivity contribution in [1.82, 2.24) is 9.13 Å². The van der Waals surface area contributed by atoms with Gasteiger partial charge in [-0.05, 0) is 122 Å². The quantitative estimate of drug-likeness (QED) is 0.183. The van der Waals surface area contributed by atoms with Crippen molar-refractivity contribution < 1.29 is 0 Å². The number of hydrogen-bond acceptors (Lipinski definition) is 2. The number of para-hydroxylation sites is 2. The largest absolute Gasteiger partial charge is 0.372 e. The van der Waals surface area contributed by atoms with Crippen molar-refractivity contribution in [2.24, 2.45) is 0 Å². The molecule has 7 aromatic rings. The summed E-state index contributed by atoms with van der Waals surface area (Å²) in [5, 5.41) is 2.51. The molecule has 48 heavy (non-hydrogen) atoms. The molecule has 4 heterocycles. The number of nitrogens with zero attached hydrogens (tertiary/aromatic N) is 4. The van der Waals surface area contributed by atoms with Gasteiger partial charge >= 0.3 is 0 Å². The summed E-state index contributed by atoms with van der Waals surface area (Å²) in [4.78, 5) is 5.06. The Kier molecular flexibility index (Phi) is 7.50. The first kappa shape index (κ1) is 29.0. The van der Waals surface area contributed by atoms with E-state index in [0.717, 1.165) is 26.2 Å². The van der Waals surface area contributed by atoms with Gasteiger partial charge in [-0.1, -0.05) is 60.7 Å². The monoisotopic (exact) mass is 626 g/mol. The van der Waals surface area contributed by atoms with Crippen molar-refractivity contribution in [3.63, 3.8) is 0 Å². The molecule has 2 aromatic heterocycles. The molecule has 0 aliphatic carbocycles. The maximum atomic E-state index is 2.53. The second-order valence-corrected chi connectivity index (χ2v) is 13.6. The highest BCUT2D eigenvalue weighted by Crippen LogP contribution is 2.36. The number of anilines is 2. The summed E-state index contributed by atoms with van der Waals surface area (Å²) in [5.74, 6) is 0. The Labute approximate surface area is 283 Å². The van der Waals surface area contributed by atoms with Crippen LogP contribution in [0.25, 0.3) is 55.7 Å². The highest BCUT2D eigenvalue weighted by molar-refractivity contribution is 5.91. The summed E-state index contributed by atoms with van der Waals surface area (Å²) in [5.41, 5.74) is 12.4. The first-order chi connectivity index (χ1) is 23.8. The van der Waals surface area contributed by atoms with Crippen LogP contribution in [-0.4, -0.2) is 35.3 Å². The van der Waals surface area contributed by atoms with Gasteiger partial charge in [0.25, 0.3) is 0 Å². The normalized spacial score (nSPS) is 15.4. The fourth-order valence-electron chi connectivity index (χ4n) is 8.03. The summed E-state index contributed by atoms with van der Waals surface area (Å²) in [6.45, 7) is 4.64. The van der Waals surface area contributed by atoms with Crippen molar-refractivity contribution in [2.75, 3.05) is 36.0 Å². The van der Waals surface area contributed by atoms with E-state index < -0.39 is 0 Å². The average molecular weight is 627 g/mol. The van der Waals surface area contributed by atoms with Crippen molar-refractivity contribution >= 4 is 33.2 Å². The molecule has 4 nitrogen and oxygen atoms in total. The van der Waals surface area contributed by atoms with Gasteiger partial charge in [0.15, 0.2) is 0 Å². The van der Waals surface area contributed by atoms with Crippen molar-refractivity contribution in [3.05, 3.63) is 133 Å². The van der Waals surface area contributed by atoms with E-state index in [0.29, 0.717) is 0 Å². The van der Waals surface area contributed by atoms with Gasteiger partial charge in [-0.15, -0.1) is 0 Å². The molecular weight excluding hydrogens is 585 g/mol. The lowest BCUT2D eigenvalue weighted by molar-refractivity contribution is 0.578. The Balaban J connectivity index is 1.09. The number of fused-ring (bicyclic) bond motifs is 2. The molecule has 2 aliphatic rings. The van der Waals surface area contributed by atoms with E-state index in [1.807, 2.05) is 0 Å². The summed E-state index contributed by atoms with van der Waals surface area (Å²) in [7, 11) is 0. The van der Waals surface area contributed by atoms with Crippen LogP contribution in [0.4, 0.5) is 11.4 Å². The number of benzene rings is 5. The summed E-state index contributed by atoms with van der Waals surface area (Å²) >= 11 is 0. The Morgan fingerprint density at radius 2 is 0.688 bits per heavy atom. The number of piperidine rings is 2. The van der Waals surface area contributed by atoms with E-state index >= 15 is 0 Å². The van der Waals surface area contributed by atoms with Gasteiger partial charge in [0, 0.05) is 59.7 Å². The smallest absolute Gasteiger partial charge is 0.0541 e. The van der Waals surface area contributed by atoms with Crippen molar-refractivity contribution in [2.45, 2.75) is 38.5 Å². The molecule has 0 unspecified atom stereocenters. The van der Waals surface area contributed by atoms with E-state index in [-0.39, 0.29) is 0 Å². The van der Waals surface area contributed by atoms with Gasteiger partial charge in [-0.2, -0.15) is 0 Å². The lowest BCUT2D eigenvalue weighted by atomic mass is 10.1. The molecule has 4 heteroatoms. The second-order valence-electron chi connectivity index (χ2n) is 13.6. The van der Waals surface area contributed by atoms with E-state index in [2.05, 4.69) is 152 Å². The Bertz CT molecular complexity index is 2010. The SMILES string of the molecule is c1ccc2c(c1)cc(-c1ccc(N3CCCCC3)cc1)n2-c1ccc(-n2c(-c3ccc(N4CCCCC4)cc3)cc3ccccc32)cc1. The molecule has 0 bridgehead atoms. The average Bonchev–Trinajstić information content (AvgIpc) is 3.75. The Morgan fingerprint density at radius 3 is 1.08 bits per heavy atom. The molecule has 5 aromatic carbocycles. The summed E-state index contributed by atoms with van der Waals surface area (Å²) in [6, 6.07) is 49.7. The summed E-state index contributed by atoms with van der Waals surface area (Å²) < 4.78 is 4.84. The third-order valence-corrected chi connectivity index (χ3v) is 10.6. The number of hydrogen-bond donors (Lipinski definition) is 0. The predicted octanol–water partition coefficient (Wildman–Crippen LogP) is 10.9. The molecule has 0 radical (unpaired) electrons. The maximum Gasteiger partial charge on any atom is 0.0541 e. The standard InChI is InChI=1S/C44H42N4/c1-7-27-45(28-8-1)37-19-15-33(16-20-37)43-31-35-11-3-5-13-41(35)47(43)39-23-25-40(26-24-39)48-42-14-6-4-12-36(42)32-44(48)34-17-21-38(22-18-34)46-29-9-2-10-30-46/h3-6,11-26,31-32H,1-2,7-10,27-30H2. The minimum absolute atomic E-state index is 1.16. The third-order valence-electron chi connectivity index (χ3n) is 10.6. The molecule has 0 spiro atoms. The molecular formula is C44H42N4. The number of rotatable bonds is 6. The van der Waals surface area contributed by atoms with Gasteiger partial charge < -0.3 is 18.9 Å². The zero-order valence-electron chi connectivity index (χ0n) is 27.6. The number of aromatic nitrogens is 2. The van der Waals surface area contributed by atoms with Crippen LogP contribution >= 0.6 is 0 Å². The second kappa shape index (κ2) is 12.4. The van der Waals surface area contributed by atoms with Crippen LogP contribution < -0.4 is 9.80 Å². The molecule has 2 saturated heterocycles. The molecule has 0 saturated carbocycles. The van der Waals surface area contributed by atoms with Crippen LogP contribution in [0.3, 0.4) is 0 Å². The minimum Gasteiger partial charge on any atom is -0.372 e. The molecule has 0 N–H and O–H groups in total. The molecule has 2 fully saturated rings. The molecule has 9 rings (SSSR count). The van der Waals surface area contributed by atoms with E-state index in [9.17, 15) is 0 Å². The van der Waals surface area contributed by atoms with Crippen LogP contribution in [0, 0.1) is 0 Å². The highest BCUT2D eigenvalue weighted by Gasteiger charge is 2.17. The van der Waals surface area contributed by atoms with Crippen molar-refractivity contribution in [3.8, 4) is 33.9 Å². The van der Waals surface area contributed by atoms with Crippen molar-refractivity contribution in [1.29, 1.82) is 0 Å². The molecule has 0 amide bonds. The minimum atomic E-state index is 1.16. The van der Waals surface area contributed by atoms with Gasteiger partial charge in [-0.3, -0.25) is 0 Å². The first-order valence-electron chi connectivity index (χ1n) is 17.8. The van der Waals surface area contributed by atoms with E-state index in [1.165, 1.54) is 106 Å². The van der Waals surface area contributed by atoms with Crippen LogP contribution in [0.2, 0.25) is 0 Å². The van der Waals surface area contributed by atoms with Crippen LogP contribution in [-0.2, 0) is 0 Å². The van der Waals surface area contributed by atoms with Gasteiger partial charge in [0.1, 0.15) is 0 Å². The van der Waals surface area contributed by atoms with Crippen LogP contribution in [0.5, 0.6) is 0 Å². The van der Waals surface area contributed by atoms with Gasteiger partial charge in [0.05, 0.1) is 22.4 Å². The maximum absolute atomic E-state index is 2.53. The predicted molar refractivity (Wildman–Crippen MR) is 203 cm³/mol. The highest BCUT2D eigenvalue weighted by atomic mass is 15.1.